The average Bonchev–Trinajstić information content (AvgIpc) is 2.46. The lowest BCUT2D eigenvalue weighted by atomic mass is 9.68. The van der Waals surface area contributed by atoms with Crippen molar-refractivity contribution in [3.05, 3.63) is 33.8 Å². The standard InChI is InChI=1S/C18H25Cl2NO3/c1-17(2,3)24-16(23)21-11-18(8-4-5-13(22)10-18)12-6-7-14(19)15(20)9-12/h6-7,9,13,22H,4-5,8,10-11H2,1-3H3,(H,21,23)/t13-,18-/m1/s1. The summed E-state index contributed by atoms with van der Waals surface area (Å²) in [6.07, 6.45) is 2.24. The van der Waals surface area contributed by atoms with Crippen molar-refractivity contribution in [2.24, 2.45) is 0 Å². The maximum Gasteiger partial charge on any atom is 0.407 e. The molecule has 1 saturated carbocycles. The van der Waals surface area contributed by atoms with Crippen molar-refractivity contribution in [1.82, 2.24) is 5.32 Å². The number of carbonyl (C=O) groups is 1. The van der Waals surface area contributed by atoms with Crippen LogP contribution in [0.2, 0.25) is 10.0 Å². The van der Waals surface area contributed by atoms with Crippen molar-refractivity contribution in [2.45, 2.75) is 63.6 Å². The van der Waals surface area contributed by atoms with Gasteiger partial charge in [-0.1, -0.05) is 29.3 Å². The first kappa shape index (κ1) is 19.4. The lowest BCUT2D eigenvalue weighted by Crippen LogP contribution is -2.46. The highest BCUT2D eigenvalue weighted by molar-refractivity contribution is 6.42. The molecule has 0 spiro atoms. The first-order valence-corrected chi connectivity index (χ1v) is 8.97. The predicted molar refractivity (Wildman–Crippen MR) is 96.9 cm³/mol. The molecule has 0 saturated heterocycles. The molecule has 1 aromatic carbocycles. The topological polar surface area (TPSA) is 58.6 Å². The van der Waals surface area contributed by atoms with Crippen molar-refractivity contribution in [2.75, 3.05) is 6.54 Å². The van der Waals surface area contributed by atoms with Crippen molar-refractivity contribution in [3.63, 3.8) is 0 Å². The third-order valence-corrected chi connectivity index (χ3v) is 5.06. The number of carbonyl (C=O) groups excluding carboxylic acids is 1. The first-order chi connectivity index (χ1) is 11.1. The summed E-state index contributed by atoms with van der Waals surface area (Å²) in [6.45, 7) is 5.86. The third kappa shape index (κ3) is 5.01. The van der Waals surface area contributed by atoms with E-state index < -0.39 is 17.8 Å². The lowest BCUT2D eigenvalue weighted by molar-refractivity contribution is 0.0464. The van der Waals surface area contributed by atoms with Gasteiger partial charge in [-0.25, -0.2) is 4.79 Å². The minimum absolute atomic E-state index is 0.372. The van der Waals surface area contributed by atoms with E-state index in [0.29, 0.717) is 23.0 Å². The third-order valence-electron chi connectivity index (χ3n) is 4.32. The van der Waals surface area contributed by atoms with E-state index in [-0.39, 0.29) is 5.41 Å². The van der Waals surface area contributed by atoms with E-state index in [2.05, 4.69) is 5.32 Å². The molecule has 4 nitrogen and oxygen atoms in total. The molecule has 1 fully saturated rings. The minimum atomic E-state index is -0.549. The van der Waals surface area contributed by atoms with Crippen LogP contribution in [0, 0.1) is 0 Å². The molecule has 1 aliphatic carbocycles. The molecular formula is C18H25Cl2NO3. The summed E-state index contributed by atoms with van der Waals surface area (Å²) in [5.74, 6) is 0. The number of aliphatic hydroxyl groups is 1. The van der Waals surface area contributed by atoms with Crippen molar-refractivity contribution < 1.29 is 14.6 Å². The largest absolute Gasteiger partial charge is 0.444 e. The van der Waals surface area contributed by atoms with E-state index >= 15 is 0 Å². The Morgan fingerprint density at radius 2 is 2.08 bits per heavy atom. The van der Waals surface area contributed by atoms with E-state index in [1.54, 1.807) is 6.07 Å². The highest BCUT2D eigenvalue weighted by Crippen LogP contribution is 2.41. The fourth-order valence-corrected chi connectivity index (χ4v) is 3.54. The van der Waals surface area contributed by atoms with Gasteiger partial charge in [0.05, 0.1) is 16.1 Å². The number of hydrogen-bond donors (Lipinski definition) is 2. The van der Waals surface area contributed by atoms with Crippen LogP contribution in [0.3, 0.4) is 0 Å². The van der Waals surface area contributed by atoms with Crippen LogP contribution < -0.4 is 5.32 Å². The Morgan fingerprint density at radius 3 is 2.67 bits per heavy atom. The van der Waals surface area contributed by atoms with Crippen LogP contribution >= 0.6 is 23.2 Å². The van der Waals surface area contributed by atoms with E-state index in [9.17, 15) is 9.90 Å². The molecule has 0 bridgehead atoms. The van der Waals surface area contributed by atoms with Crippen LogP contribution in [0.4, 0.5) is 4.79 Å². The fourth-order valence-electron chi connectivity index (χ4n) is 3.24. The Morgan fingerprint density at radius 1 is 1.38 bits per heavy atom. The molecule has 6 heteroatoms. The van der Waals surface area contributed by atoms with Crippen LogP contribution in [0.5, 0.6) is 0 Å². The number of benzene rings is 1. The number of hydrogen-bond acceptors (Lipinski definition) is 3. The first-order valence-electron chi connectivity index (χ1n) is 8.22. The van der Waals surface area contributed by atoms with E-state index in [0.717, 1.165) is 24.8 Å². The van der Waals surface area contributed by atoms with Crippen LogP contribution in [-0.4, -0.2) is 29.4 Å². The molecule has 2 N–H and O–H groups in total. The second-order valence-electron chi connectivity index (χ2n) is 7.51. The number of halogens is 2. The molecule has 2 atom stereocenters. The Hall–Kier alpha value is -0.970. The zero-order valence-electron chi connectivity index (χ0n) is 14.4. The van der Waals surface area contributed by atoms with Gasteiger partial charge in [0.15, 0.2) is 0 Å². The van der Waals surface area contributed by atoms with Crippen LogP contribution in [0.1, 0.15) is 52.0 Å². The van der Waals surface area contributed by atoms with Gasteiger partial charge in [-0.15, -0.1) is 0 Å². The van der Waals surface area contributed by atoms with Gasteiger partial charge in [0.1, 0.15) is 5.60 Å². The Balaban J connectivity index is 2.21. The summed E-state index contributed by atoms with van der Waals surface area (Å²) in [5.41, 5.74) is 0.0575. The monoisotopic (exact) mass is 373 g/mol. The zero-order valence-corrected chi connectivity index (χ0v) is 15.9. The Kier molecular flexibility index (Phi) is 6.05. The molecular weight excluding hydrogens is 349 g/mol. The van der Waals surface area contributed by atoms with Gasteiger partial charge in [0.25, 0.3) is 0 Å². The summed E-state index contributed by atoms with van der Waals surface area (Å²) in [5, 5.41) is 14.0. The summed E-state index contributed by atoms with van der Waals surface area (Å²) in [7, 11) is 0. The molecule has 1 amide bonds. The van der Waals surface area contributed by atoms with Gasteiger partial charge in [0, 0.05) is 12.0 Å². The molecule has 0 radical (unpaired) electrons. The number of alkyl carbamates (subject to hydrolysis) is 1. The number of aliphatic hydroxyl groups excluding tert-OH is 1. The molecule has 0 aromatic heterocycles. The van der Waals surface area contributed by atoms with Crippen LogP contribution in [0.25, 0.3) is 0 Å². The number of rotatable bonds is 3. The summed E-state index contributed by atoms with van der Waals surface area (Å²) in [6, 6.07) is 5.51. The predicted octanol–water partition coefficient (Wildman–Crippen LogP) is 4.69. The maximum atomic E-state index is 12.0. The quantitative estimate of drug-likeness (QED) is 0.807. The molecule has 1 aliphatic rings. The van der Waals surface area contributed by atoms with E-state index in [1.807, 2.05) is 32.9 Å². The highest BCUT2D eigenvalue weighted by atomic mass is 35.5. The zero-order chi connectivity index (χ0) is 18.0. The van der Waals surface area contributed by atoms with Gasteiger partial charge in [-0.2, -0.15) is 0 Å². The van der Waals surface area contributed by atoms with E-state index in [1.165, 1.54) is 0 Å². The van der Waals surface area contributed by atoms with Gasteiger partial charge in [-0.05, 0) is 64.2 Å². The van der Waals surface area contributed by atoms with Gasteiger partial charge in [0.2, 0.25) is 0 Å². The van der Waals surface area contributed by atoms with Crippen molar-refractivity contribution in [1.29, 1.82) is 0 Å². The fraction of sp³-hybridized carbons (Fsp3) is 0.611. The number of nitrogens with one attached hydrogen (secondary N) is 1. The van der Waals surface area contributed by atoms with Crippen LogP contribution in [0.15, 0.2) is 18.2 Å². The van der Waals surface area contributed by atoms with Gasteiger partial charge in [-0.3, -0.25) is 0 Å². The molecule has 0 aliphatic heterocycles. The van der Waals surface area contributed by atoms with E-state index in [4.69, 9.17) is 27.9 Å². The Labute approximate surface area is 153 Å². The van der Waals surface area contributed by atoms with Gasteiger partial charge < -0.3 is 15.2 Å². The number of ether oxygens (including phenoxy) is 1. The molecule has 24 heavy (non-hydrogen) atoms. The summed E-state index contributed by atoms with van der Waals surface area (Å²) in [4.78, 5) is 12.0. The Bertz CT molecular complexity index is 600. The second-order valence-corrected chi connectivity index (χ2v) is 8.33. The second kappa shape index (κ2) is 7.51. The maximum absolute atomic E-state index is 12.0. The highest BCUT2D eigenvalue weighted by Gasteiger charge is 2.38. The minimum Gasteiger partial charge on any atom is -0.444 e. The summed E-state index contributed by atoms with van der Waals surface area (Å²) < 4.78 is 5.32. The molecule has 1 aromatic rings. The van der Waals surface area contributed by atoms with Gasteiger partial charge >= 0.3 is 6.09 Å². The lowest BCUT2D eigenvalue weighted by Gasteiger charge is -2.40. The van der Waals surface area contributed by atoms with Crippen molar-refractivity contribution >= 4 is 29.3 Å². The SMILES string of the molecule is CC(C)(C)OC(=O)NC[C@@]1(c2ccc(Cl)c(Cl)c2)CCC[C@@H](O)C1. The normalized spacial score (nSPS) is 24.5. The summed E-state index contributed by atoms with van der Waals surface area (Å²) >= 11 is 12.2. The average molecular weight is 374 g/mol. The smallest absolute Gasteiger partial charge is 0.407 e. The number of amides is 1. The molecule has 134 valence electrons. The molecule has 0 unspecified atom stereocenters. The molecule has 0 heterocycles. The van der Waals surface area contributed by atoms with Crippen molar-refractivity contribution in [3.8, 4) is 0 Å². The molecule has 2 rings (SSSR count). The van der Waals surface area contributed by atoms with Crippen LogP contribution in [-0.2, 0) is 10.2 Å².